The Morgan fingerprint density at radius 1 is 1.28 bits per heavy atom. The van der Waals surface area contributed by atoms with Crippen LogP contribution in [0.15, 0.2) is 41.2 Å². The predicted octanol–water partition coefficient (Wildman–Crippen LogP) is 3.86. The van der Waals surface area contributed by atoms with Gasteiger partial charge in [-0.25, -0.2) is 4.98 Å². The summed E-state index contributed by atoms with van der Waals surface area (Å²) in [5.74, 6) is 0.666. The topological polar surface area (TPSA) is 81.6 Å². The Bertz CT molecular complexity index is 1090. The van der Waals surface area contributed by atoms with Crippen molar-refractivity contribution in [1.82, 2.24) is 9.97 Å². The highest BCUT2D eigenvalue weighted by Gasteiger charge is 2.46. The zero-order chi connectivity index (χ0) is 17.6. The maximum atomic E-state index is 12.6. The second kappa shape index (κ2) is 5.61. The number of halogens is 1. The van der Waals surface area contributed by atoms with Crippen LogP contribution in [0.1, 0.15) is 29.7 Å². The van der Waals surface area contributed by atoms with E-state index in [-0.39, 0.29) is 5.56 Å². The van der Waals surface area contributed by atoms with E-state index in [9.17, 15) is 4.79 Å². The van der Waals surface area contributed by atoms with Gasteiger partial charge in [0.15, 0.2) is 0 Å². The van der Waals surface area contributed by atoms with Crippen molar-refractivity contribution in [2.75, 3.05) is 5.32 Å². The molecular weight excluding hydrogens is 336 g/mol. The Labute approximate surface area is 149 Å². The number of fused-ring (bicyclic) bond motifs is 1. The normalized spacial score (nSPS) is 14.9. The van der Waals surface area contributed by atoms with E-state index < -0.39 is 5.54 Å². The van der Waals surface area contributed by atoms with Crippen LogP contribution in [-0.4, -0.2) is 9.97 Å². The number of aryl methyl sites for hydroxylation is 1. The summed E-state index contributed by atoms with van der Waals surface area (Å²) in [6.07, 6.45) is 1.70. The molecule has 2 N–H and O–H groups in total. The first-order chi connectivity index (χ1) is 12.0. The maximum Gasteiger partial charge on any atom is 0.254 e. The van der Waals surface area contributed by atoms with E-state index in [4.69, 9.17) is 16.9 Å². The summed E-state index contributed by atoms with van der Waals surface area (Å²) in [6.45, 7) is 1.80. The fraction of sp³-hybridized carbons (Fsp3) is 0.211. The van der Waals surface area contributed by atoms with Crippen LogP contribution in [0.2, 0.25) is 5.02 Å². The third-order valence-electron chi connectivity index (χ3n) is 4.65. The number of aromatic amines is 1. The number of pyridine rings is 2. The Kier molecular flexibility index (Phi) is 3.52. The number of aromatic nitrogens is 2. The van der Waals surface area contributed by atoms with E-state index in [1.165, 1.54) is 0 Å². The predicted molar refractivity (Wildman–Crippen MR) is 97.8 cm³/mol. The molecule has 6 heteroatoms. The molecule has 2 aromatic heterocycles. The van der Waals surface area contributed by atoms with Crippen LogP contribution in [0.25, 0.3) is 10.9 Å². The van der Waals surface area contributed by atoms with Gasteiger partial charge in [-0.05, 0) is 56.2 Å². The van der Waals surface area contributed by atoms with Crippen LogP contribution in [0.3, 0.4) is 0 Å². The summed E-state index contributed by atoms with van der Waals surface area (Å²) in [7, 11) is 0. The minimum atomic E-state index is -0.419. The van der Waals surface area contributed by atoms with Crippen LogP contribution in [0.5, 0.6) is 0 Å². The van der Waals surface area contributed by atoms with Gasteiger partial charge in [0, 0.05) is 21.5 Å². The molecule has 0 unspecified atom stereocenters. The molecule has 1 fully saturated rings. The van der Waals surface area contributed by atoms with Gasteiger partial charge in [0.1, 0.15) is 11.9 Å². The highest BCUT2D eigenvalue weighted by Crippen LogP contribution is 2.47. The van der Waals surface area contributed by atoms with Crippen LogP contribution in [0, 0.1) is 18.3 Å². The van der Waals surface area contributed by atoms with Crippen molar-refractivity contribution in [3.05, 3.63) is 68.6 Å². The molecule has 2 heterocycles. The quantitative estimate of drug-likeness (QED) is 0.751. The number of H-pyrrole nitrogens is 1. The first-order valence-electron chi connectivity index (χ1n) is 8.00. The second-order valence-corrected chi connectivity index (χ2v) is 6.83. The van der Waals surface area contributed by atoms with Crippen LogP contribution >= 0.6 is 11.6 Å². The molecule has 1 aliphatic carbocycles. The Morgan fingerprint density at radius 2 is 2.08 bits per heavy atom. The number of hydrogen-bond donors (Lipinski definition) is 2. The molecule has 1 aliphatic rings. The summed E-state index contributed by atoms with van der Waals surface area (Å²) >= 11 is 6.07. The Hall–Kier alpha value is -2.84. The number of anilines is 1. The third-order valence-corrected chi connectivity index (χ3v) is 4.88. The summed E-state index contributed by atoms with van der Waals surface area (Å²) in [5, 5.41) is 13.9. The first-order valence-corrected chi connectivity index (χ1v) is 8.38. The SMILES string of the molecule is Cc1nc(NC2(c3cc4cc(Cl)ccc4[nH]c3=O)CC2)ccc1C#N. The zero-order valence-electron chi connectivity index (χ0n) is 13.6. The molecule has 3 aromatic rings. The van der Waals surface area contributed by atoms with E-state index in [0.717, 1.165) is 23.7 Å². The molecule has 0 bridgehead atoms. The van der Waals surface area contributed by atoms with E-state index in [0.29, 0.717) is 27.7 Å². The number of benzene rings is 1. The lowest BCUT2D eigenvalue weighted by molar-refractivity contribution is 0.784. The fourth-order valence-corrected chi connectivity index (χ4v) is 3.29. The van der Waals surface area contributed by atoms with Gasteiger partial charge in [-0.15, -0.1) is 0 Å². The van der Waals surface area contributed by atoms with Gasteiger partial charge < -0.3 is 10.3 Å². The molecule has 0 atom stereocenters. The molecule has 5 nitrogen and oxygen atoms in total. The molecule has 0 spiro atoms. The lowest BCUT2D eigenvalue weighted by Crippen LogP contribution is -2.28. The van der Waals surface area contributed by atoms with Gasteiger partial charge in [0.2, 0.25) is 0 Å². The van der Waals surface area contributed by atoms with Gasteiger partial charge in [-0.2, -0.15) is 5.26 Å². The van der Waals surface area contributed by atoms with Gasteiger partial charge in [0.05, 0.1) is 16.8 Å². The van der Waals surface area contributed by atoms with Gasteiger partial charge in [-0.1, -0.05) is 11.6 Å². The lowest BCUT2D eigenvalue weighted by Gasteiger charge is -2.19. The Balaban J connectivity index is 1.75. The largest absolute Gasteiger partial charge is 0.360 e. The first kappa shape index (κ1) is 15.7. The molecule has 1 aromatic carbocycles. The highest BCUT2D eigenvalue weighted by molar-refractivity contribution is 6.31. The number of hydrogen-bond acceptors (Lipinski definition) is 4. The molecule has 25 heavy (non-hydrogen) atoms. The summed E-state index contributed by atoms with van der Waals surface area (Å²) in [6, 6.07) is 12.9. The third kappa shape index (κ3) is 2.75. The average Bonchev–Trinajstić information content (AvgIpc) is 3.35. The van der Waals surface area contributed by atoms with Crippen molar-refractivity contribution < 1.29 is 0 Å². The number of rotatable bonds is 3. The lowest BCUT2D eigenvalue weighted by atomic mass is 10.0. The van der Waals surface area contributed by atoms with Crippen molar-refractivity contribution >= 4 is 28.3 Å². The minimum absolute atomic E-state index is 0.106. The van der Waals surface area contributed by atoms with Crippen molar-refractivity contribution in [2.45, 2.75) is 25.3 Å². The number of nitrogens with zero attached hydrogens (tertiary/aromatic N) is 2. The fourth-order valence-electron chi connectivity index (χ4n) is 3.11. The minimum Gasteiger partial charge on any atom is -0.360 e. The average molecular weight is 351 g/mol. The smallest absolute Gasteiger partial charge is 0.254 e. The number of nitriles is 1. The number of nitrogens with one attached hydrogen (secondary N) is 2. The van der Waals surface area contributed by atoms with E-state index >= 15 is 0 Å². The molecular formula is C19H15ClN4O. The summed E-state index contributed by atoms with van der Waals surface area (Å²) in [4.78, 5) is 19.9. The highest BCUT2D eigenvalue weighted by atomic mass is 35.5. The van der Waals surface area contributed by atoms with Crippen molar-refractivity contribution in [3.8, 4) is 6.07 Å². The van der Waals surface area contributed by atoms with Gasteiger partial charge >= 0.3 is 0 Å². The zero-order valence-corrected chi connectivity index (χ0v) is 14.3. The van der Waals surface area contributed by atoms with Crippen molar-refractivity contribution in [2.24, 2.45) is 0 Å². The van der Waals surface area contributed by atoms with Crippen LogP contribution < -0.4 is 10.9 Å². The summed E-state index contributed by atoms with van der Waals surface area (Å²) in [5.41, 5.74) is 2.14. The van der Waals surface area contributed by atoms with Gasteiger partial charge in [0.25, 0.3) is 5.56 Å². The molecule has 0 aliphatic heterocycles. The molecule has 0 amide bonds. The van der Waals surface area contributed by atoms with Crippen molar-refractivity contribution in [1.29, 1.82) is 5.26 Å². The summed E-state index contributed by atoms with van der Waals surface area (Å²) < 4.78 is 0. The Morgan fingerprint density at radius 3 is 2.76 bits per heavy atom. The second-order valence-electron chi connectivity index (χ2n) is 6.39. The van der Waals surface area contributed by atoms with E-state index in [2.05, 4.69) is 21.4 Å². The van der Waals surface area contributed by atoms with Crippen LogP contribution in [-0.2, 0) is 5.54 Å². The van der Waals surface area contributed by atoms with Gasteiger partial charge in [-0.3, -0.25) is 4.79 Å². The molecule has 4 rings (SSSR count). The van der Waals surface area contributed by atoms with E-state index in [1.54, 1.807) is 31.2 Å². The molecule has 124 valence electrons. The maximum absolute atomic E-state index is 12.6. The van der Waals surface area contributed by atoms with Crippen LogP contribution in [0.4, 0.5) is 5.82 Å². The standard InChI is InChI=1S/C19H15ClN4O/c1-11-12(10-21)2-5-17(22-11)24-19(6-7-19)15-9-13-8-14(20)3-4-16(13)23-18(15)25/h2-5,8-9H,6-7H2,1H3,(H,22,24)(H,23,25). The van der Waals surface area contributed by atoms with Crippen molar-refractivity contribution in [3.63, 3.8) is 0 Å². The van der Waals surface area contributed by atoms with E-state index in [1.807, 2.05) is 12.1 Å². The molecule has 0 saturated heterocycles. The monoisotopic (exact) mass is 350 g/mol. The molecule has 1 saturated carbocycles. The molecule has 0 radical (unpaired) electrons.